The van der Waals surface area contributed by atoms with Gasteiger partial charge in [0.1, 0.15) is 0 Å². The van der Waals surface area contributed by atoms with Gasteiger partial charge in [0.15, 0.2) is 0 Å². The second-order valence-corrected chi connectivity index (χ2v) is 8.52. The van der Waals surface area contributed by atoms with E-state index in [0.717, 1.165) is 10.2 Å². The van der Waals surface area contributed by atoms with E-state index in [-0.39, 0.29) is 30.2 Å². The molecule has 0 spiro atoms. The average Bonchev–Trinajstić information content (AvgIpc) is 3.15. The number of likely N-dealkylation sites (N-methyl/N-ethyl adjacent to an activating group) is 1. The summed E-state index contributed by atoms with van der Waals surface area (Å²) in [7, 11) is 1.61. The van der Waals surface area contributed by atoms with Crippen molar-refractivity contribution in [2.45, 2.75) is 26.7 Å². The largest absolute Gasteiger partial charge is 0.466 e. The SMILES string of the molecule is CCOC(=O)C1CCN(C(=O)CN(C)C(=O)c2cnn(-c3ccc(Br)cc3)c2C)CC1. The minimum Gasteiger partial charge on any atom is -0.466 e. The van der Waals surface area contributed by atoms with Gasteiger partial charge >= 0.3 is 5.97 Å². The van der Waals surface area contributed by atoms with Crippen molar-refractivity contribution in [1.29, 1.82) is 0 Å². The van der Waals surface area contributed by atoms with Crippen LogP contribution in [0.5, 0.6) is 0 Å². The molecule has 0 atom stereocenters. The summed E-state index contributed by atoms with van der Waals surface area (Å²) in [5.41, 5.74) is 2.02. The fourth-order valence-corrected chi connectivity index (χ4v) is 3.93. The molecule has 31 heavy (non-hydrogen) atoms. The molecule has 0 unspecified atom stereocenters. The van der Waals surface area contributed by atoms with Crippen molar-refractivity contribution >= 4 is 33.7 Å². The summed E-state index contributed by atoms with van der Waals surface area (Å²) in [6.45, 7) is 4.94. The van der Waals surface area contributed by atoms with Crippen LogP contribution in [-0.4, -0.2) is 70.7 Å². The highest BCUT2D eigenvalue weighted by molar-refractivity contribution is 9.10. The van der Waals surface area contributed by atoms with Crippen LogP contribution in [-0.2, 0) is 14.3 Å². The summed E-state index contributed by atoms with van der Waals surface area (Å²) in [4.78, 5) is 40.6. The zero-order valence-corrected chi connectivity index (χ0v) is 19.6. The third kappa shape index (κ3) is 5.33. The van der Waals surface area contributed by atoms with Crippen LogP contribution in [0.25, 0.3) is 5.69 Å². The van der Waals surface area contributed by atoms with Crippen molar-refractivity contribution in [3.05, 3.63) is 46.2 Å². The molecule has 1 aromatic carbocycles. The quantitative estimate of drug-likeness (QED) is 0.581. The molecule has 8 nitrogen and oxygen atoms in total. The Hall–Kier alpha value is -2.68. The molecule has 0 N–H and O–H groups in total. The Morgan fingerprint density at radius 3 is 2.45 bits per heavy atom. The average molecular weight is 491 g/mol. The van der Waals surface area contributed by atoms with Crippen molar-refractivity contribution in [1.82, 2.24) is 19.6 Å². The van der Waals surface area contributed by atoms with Gasteiger partial charge in [-0.15, -0.1) is 0 Å². The van der Waals surface area contributed by atoms with Crippen molar-refractivity contribution in [2.75, 3.05) is 33.3 Å². The number of benzene rings is 1. The number of carbonyl (C=O) groups excluding carboxylic acids is 3. The van der Waals surface area contributed by atoms with E-state index in [1.54, 1.807) is 23.6 Å². The first-order valence-corrected chi connectivity index (χ1v) is 11.1. The molecule has 0 bridgehead atoms. The van der Waals surface area contributed by atoms with E-state index in [1.807, 2.05) is 31.2 Å². The number of hydrogen-bond donors (Lipinski definition) is 0. The van der Waals surface area contributed by atoms with Crippen LogP contribution in [0, 0.1) is 12.8 Å². The van der Waals surface area contributed by atoms with Gasteiger partial charge in [0, 0.05) is 24.6 Å². The Labute approximate surface area is 190 Å². The van der Waals surface area contributed by atoms with Crippen LogP contribution in [0.15, 0.2) is 34.9 Å². The number of rotatable bonds is 6. The second kappa shape index (κ2) is 10.1. The Morgan fingerprint density at radius 1 is 1.19 bits per heavy atom. The molecule has 0 saturated carbocycles. The molecule has 1 fully saturated rings. The Morgan fingerprint density at radius 2 is 1.84 bits per heavy atom. The number of esters is 1. The lowest BCUT2D eigenvalue weighted by molar-refractivity contribution is -0.151. The zero-order chi connectivity index (χ0) is 22.5. The van der Waals surface area contributed by atoms with Gasteiger partial charge in [-0.2, -0.15) is 5.10 Å². The standard InChI is InChI=1S/C22H27BrN4O4/c1-4-31-22(30)16-9-11-26(12-10-16)20(28)14-25(3)21(29)19-13-24-27(15(19)2)18-7-5-17(23)6-8-18/h5-8,13,16H,4,9-12,14H2,1-3H3. The van der Waals surface area contributed by atoms with Crippen LogP contribution in [0.2, 0.25) is 0 Å². The predicted octanol–water partition coefficient (Wildman–Crippen LogP) is 2.82. The number of halogens is 1. The molecule has 0 aliphatic carbocycles. The number of ether oxygens (including phenoxy) is 1. The normalized spacial score (nSPS) is 14.4. The first kappa shape index (κ1) is 23.0. The molecule has 0 radical (unpaired) electrons. The molecule has 1 saturated heterocycles. The van der Waals surface area contributed by atoms with Gasteiger partial charge in [0.2, 0.25) is 5.91 Å². The monoisotopic (exact) mass is 490 g/mol. The second-order valence-electron chi connectivity index (χ2n) is 7.60. The van der Waals surface area contributed by atoms with Crippen molar-refractivity contribution in [3.8, 4) is 5.69 Å². The van der Waals surface area contributed by atoms with Crippen LogP contribution in [0.4, 0.5) is 0 Å². The molecule has 1 aliphatic rings. The maximum absolute atomic E-state index is 12.9. The van der Waals surface area contributed by atoms with Gasteiger partial charge < -0.3 is 14.5 Å². The summed E-state index contributed by atoms with van der Waals surface area (Å²) >= 11 is 3.41. The van der Waals surface area contributed by atoms with E-state index >= 15 is 0 Å². The van der Waals surface area contributed by atoms with Crippen molar-refractivity contribution in [3.63, 3.8) is 0 Å². The van der Waals surface area contributed by atoms with Crippen molar-refractivity contribution in [2.24, 2.45) is 5.92 Å². The first-order chi connectivity index (χ1) is 14.8. The summed E-state index contributed by atoms with van der Waals surface area (Å²) in [5, 5.41) is 4.34. The van der Waals surface area contributed by atoms with E-state index in [1.165, 1.54) is 11.1 Å². The highest BCUT2D eigenvalue weighted by Gasteiger charge is 2.29. The van der Waals surface area contributed by atoms with Crippen LogP contribution >= 0.6 is 15.9 Å². The Balaban J connectivity index is 1.59. The van der Waals surface area contributed by atoms with E-state index in [4.69, 9.17) is 4.74 Å². The summed E-state index contributed by atoms with van der Waals surface area (Å²) < 4.78 is 7.73. The summed E-state index contributed by atoms with van der Waals surface area (Å²) in [6.07, 6.45) is 2.70. The van der Waals surface area contributed by atoms with Crippen LogP contribution in [0.3, 0.4) is 0 Å². The molecular weight excluding hydrogens is 464 g/mol. The van der Waals surface area contributed by atoms with Gasteiger partial charge in [-0.25, -0.2) is 4.68 Å². The van der Waals surface area contributed by atoms with Gasteiger partial charge in [-0.05, 0) is 51.0 Å². The molecule has 2 aromatic rings. The molecule has 9 heteroatoms. The number of amides is 2. The number of aromatic nitrogens is 2. The minimum atomic E-state index is -0.254. The number of hydrogen-bond acceptors (Lipinski definition) is 5. The molecule has 1 aliphatic heterocycles. The highest BCUT2D eigenvalue weighted by atomic mass is 79.9. The van der Waals surface area contributed by atoms with E-state index in [9.17, 15) is 14.4 Å². The van der Waals surface area contributed by atoms with Crippen LogP contribution < -0.4 is 0 Å². The Kier molecular flexibility index (Phi) is 7.48. The minimum absolute atomic E-state index is 0.0220. The topological polar surface area (TPSA) is 84.7 Å². The maximum Gasteiger partial charge on any atom is 0.309 e. The summed E-state index contributed by atoms with van der Waals surface area (Å²) in [6, 6.07) is 7.64. The van der Waals surface area contributed by atoms with Gasteiger partial charge in [0.25, 0.3) is 5.91 Å². The van der Waals surface area contributed by atoms with E-state index in [2.05, 4.69) is 21.0 Å². The third-order valence-corrected chi connectivity index (χ3v) is 6.03. The number of carbonyl (C=O) groups is 3. The lowest BCUT2D eigenvalue weighted by Crippen LogP contribution is -2.45. The predicted molar refractivity (Wildman–Crippen MR) is 119 cm³/mol. The van der Waals surface area contributed by atoms with Gasteiger partial charge in [0.05, 0.1) is 42.2 Å². The smallest absolute Gasteiger partial charge is 0.309 e. The fraction of sp³-hybridized carbons (Fsp3) is 0.455. The fourth-order valence-electron chi connectivity index (χ4n) is 3.67. The van der Waals surface area contributed by atoms with Crippen LogP contribution in [0.1, 0.15) is 35.8 Å². The molecule has 3 rings (SSSR count). The third-order valence-electron chi connectivity index (χ3n) is 5.50. The van der Waals surface area contributed by atoms with E-state index in [0.29, 0.717) is 43.8 Å². The number of piperidine rings is 1. The van der Waals surface area contributed by atoms with E-state index < -0.39 is 0 Å². The molecule has 2 amide bonds. The molecule has 2 heterocycles. The highest BCUT2D eigenvalue weighted by Crippen LogP contribution is 2.20. The number of nitrogens with zero attached hydrogens (tertiary/aromatic N) is 4. The van der Waals surface area contributed by atoms with Gasteiger partial charge in [-0.1, -0.05) is 15.9 Å². The Bertz CT molecular complexity index is 949. The lowest BCUT2D eigenvalue weighted by Gasteiger charge is -2.32. The van der Waals surface area contributed by atoms with Gasteiger partial charge in [-0.3, -0.25) is 14.4 Å². The molecule has 1 aromatic heterocycles. The number of likely N-dealkylation sites (tertiary alicyclic amines) is 1. The molecular formula is C22H27BrN4O4. The maximum atomic E-state index is 12.9. The summed E-state index contributed by atoms with van der Waals surface area (Å²) in [5.74, 6) is -0.734. The first-order valence-electron chi connectivity index (χ1n) is 10.3. The lowest BCUT2D eigenvalue weighted by atomic mass is 9.97. The zero-order valence-electron chi connectivity index (χ0n) is 18.0. The molecule has 166 valence electrons. The van der Waals surface area contributed by atoms with Crippen molar-refractivity contribution < 1.29 is 19.1 Å².